The first-order chi connectivity index (χ1) is 10.4. The largest absolute Gasteiger partial charge is 0.496 e. The fraction of sp³-hybridized carbons (Fsp3) is 0.600. The number of sulfonamides is 1. The Bertz CT molecular complexity index is 633. The number of benzene rings is 1. The van der Waals surface area contributed by atoms with E-state index >= 15 is 0 Å². The van der Waals surface area contributed by atoms with E-state index in [-0.39, 0.29) is 10.9 Å². The van der Waals surface area contributed by atoms with Crippen molar-refractivity contribution < 1.29 is 17.9 Å². The molecule has 22 heavy (non-hydrogen) atoms. The summed E-state index contributed by atoms with van der Waals surface area (Å²) in [6.07, 6.45) is 4.14. The number of ether oxygens (including phenoxy) is 2. The van der Waals surface area contributed by atoms with Gasteiger partial charge in [0.15, 0.2) is 0 Å². The summed E-state index contributed by atoms with van der Waals surface area (Å²) in [6.45, 7) is 2.09. The zero-order chi connectivity index (χ0) is 16.3. The van der Waals surface area contributed by atoms with Crippen molar-refractivity contribution in [2.45, 2.75) is 43.5 Å². The van der Waals surface area contributed by atoms with E-state index in [1.807, 2.05) is 0 Å². The Labute approximate surface area is 140 Å². The first kappa shape index (κ1) is 17.6. The highest BCUT2D eigenvalue weighted by molar-refractivity contribution is 9.10. The van der Waals surface area contributed by atoms with Crippen molar-refractivity contribution in [3.63, 3.8) is 0 Å². The molecule has 0 aliphatic heterocycles. The van der Waals surface area contributed by atoms with E-state index in [1.165, 1.54) is 20.3 Å². The summed E-state index contributed by atoms with van der Waals surface area (Å²) in [5, 5.41) is 0. The molecule has 1 aliphatic rings. The number of hydrogen-bond acceptors (Lipinski definition) is 4. The monoisotopic (exact) mass is 391 g/mol. The van der Waals surface area contributed by atoms with Gasteiger partial charge in [0, 0.05) is 12.1 Å². The second-order valence-corrected chi connectivity index (χ2v) is 8.16. The second-order valence-electron chi connectivity index (χ2n) is 5.63. The Hall–Kier alpha value is -0.790. The third-order valence-electron chi connectivity index (χ3n) is 4.15. The summed E-state index contributed by atoms with van der Waals surface area (Å²) in [4.78, 5) is 0.104. The Kier molecular flexibility index (Phi) is 5.74. The van der Waals surface area contributed by atoms with Gasteiger partial charge < -0.3 is 9.47 Å². The first-order valence-electron chi connectivity index (χ1n) is 7.33. The van der Waals surface area contributed by atoms with Gasteiger partial charge in [-0.05, 0) is 40.8 Å². The second kappa shape index (κ2) is 7.19. The summed E-state index contributed by atoms with van der Waals surface area (Å²) >= 11 is 3.34. The molecule has 0 amide bonds. The van der Waals surface area contributed by atoms with Crippen LogP contribution in [0.5, 0.6) is 11.5 Å². The van der Waals surface area contributed by atoms with Crippen LogP contribution in [0.3, 0.4) is 0 Å². The van der Waals surface area contributed by atoms with Gasteiger partial charge in [-0.25, -0.2) is 13.1 Å². The molecule has 7 heteroatoms. The van der Waals surface area contributed by atoms with Crippen LogP contribution in [0.15, 0.2) is 21.5 Å². The normalized spacial score (nSPS) is 22.4. The van der Waals surface area contributed by atoms with Crippen LogP contribution in [0.25, 0.3) is 0 Å². The van der Waals surface area contributed by atoms with Crippen LogP contribution in [-0.2, 0) is 10.0 Å². The van der Waals surface area contributed by atoms with Gasteiger partial charge in [-0.2, -0.15) is 0 Å². The molecule has 2 rings (SSSR count). The molecule has 1 fully saturated rings. The maximum Gasteiger partial charge on any atom is 0.244 e. The van der Waals surface area contributed by atoms with Crippen molar-refractivity contribution in [3.05, 3.63) is 16.6 Å². The Morgan fingerprint density at radius 3 is 2.36 bits per heavy atom. The summed E-state index contributed by atoms with van der Waals surface area (Å²) in [6, 6.07) is 3.06. The topological polar surface area (TPSA) is 64.6 Å². The number of hydrogen-bond donors (Lipinski definition) is 1. The van der Waals surface area contributed by atoms with Crippen molar-refractivity contribution in [1.29, 1.82) is 0 Å². The third-order valence-corrected chi connectivity index (χ3v) is 6.28. The molecule has 0 unspecified atom stereocenters. The van der Waals surface area contributed by atoms with Gasteiger partial charge in [0.25, 0.3) is 0 Å². The molecule has 1 aromatic carbocycles. The molecule has 0 aromatic heterocycles. The third kappa shape index (κ3) is 3.75. The highest BCUT2D eigenvalue weighted by Crippen LogP contribution is 2.36. The molecule has 1 N–H and O–H groups in total. The molecule has 0 heterocycles. The lowest BCUT2D eigenvalue weighted by molar-refractivity contribution is 0.310. The lowest BCUT2D eigenvalue weighted by Gasteiger charge is -2.29. The predicted molar refractivity (Wildman–Crippen MR) is 89.0 cm³/mol. The highest BCUT2D eigenvalue weighted by atomic mass is 79.9. The molecule has 0 saturated heterocycles. The van der Waals surface area contributed by atoms with Crippen LogP contribution in [0, 0.1) is 5.92 Å². The summed E-state index contributed by atoms with van der Waals surface area (Å²) in [5.74, 6) is 1.09. The first-order valence-corrected chi connectivity index (χ1v) is 9.60. The molecule has 2 atom stereocenters. The number of methoxy groups -OCH3 is 2. The van der Waals surface area contributed by atoms with Crippen LogP contribution >= 0.6 is 15.9 Å². The van der Waals surface area contributed by atoms with Crippen molar-refractivity contribution >= 4 is 26.0 Å². The zero-order valence-electron chi connectivity index (χ0n) is 13.1. The van der Waals surface area contributed by atoms with Crippen molar-refractivity contribution in [1.82, 2.24) is 4.72 Å². The fourth-order valence-corrected chi connectivity index (χ4v) is 4.83. The quantitative estimate of drug-likeness (QED) is 0.835. The van der Waals surface area contributed by atoms with Crippen LogP contribution in [0.4, 0.5) is 0 Å². The van der Waals surface area contributed by atoms with Crippen molar-refractivity contribution in [3.8, 4) is 11.5 Å². The van der Waals surface area contributed by atoms with Crippen LogP contribution in [0.2, 0.25) is 0 Å². The molecular formula is C15H22BrNO4S. The number of rotatable bonds is 5. The highest BCUT2D eigenvalue weighted by Gasteiger charge is 2.29. The SMILES string of the molecule is COc1cc(S(=O)(=O)N[C@H]2CCCC[C@@H]2C)c(OC)cc1Br. The summed E-state index contributed by atoms with van der Waals surface area (Å²) in [7, 11) is -0.706. The lowest BCUT2D eigenvalue weighted by atomic mass is 9.87. The van der Waals surface area contributed by atoms with Crippen LogP contribution in [-0.4, -0.2) is 28.7 Å². The molecule has 0 radical (unpaired) electrons. The van der Waals surface area contributed by atoms with E-state index in [4.69, 9.17) is 9.47 Å². The Morgan fingerprint density at radius 2 is 1.77 bits per heavy atom. The fourth-order valence-electron chi connectivity index (χ4n) is 2.80. The van der Waals surface area contributed by atoms with E-state index < -0.39 is 10.0 Å². The average molecular weight is 392 g/mol. The average Bonchev–Trinajstić information content (AvgIpc) is 2.48. The maximum atomic E-state index is 12.7. The van der Waals surface area contributed by atoms with Gasteiger partial charge in [-0.1, -0.05) is 19.8 Å². The van der Waals surface area contributed by atoms with E-state index in [9.17, 15) is 8.42 Å². The van der Waals surface area contributed by atoms with Gasteiger partial charge in [-0.15, -0.1) is 0 Å². The molecule has 124 valence electrons. The Balaban J connectivity index is 2.35. The van der Waals surface area contributed by atoms with Crippen LogP contribution in [0.1, 0.15) is 32.6 Å². The van der Waals surface area contributed by atoms with Gasteiger partial charge >= 0.3 is 0 Å². The number of halogens is 1. The van der Waals surface area contributed by atoms with E-state index in [1.54, 1.807) is 6.07 Å². The van der Waals surface area contributed by atoms with Gasteiger partial charge in [0.05, 0.1) is 18.7 Å². The maximum absolute atomic E-state index is 12.7. The summed E-state index contributed by atoms with van der Waals surface area (Å²) in [5.41, 5.74) is 0. The molecule has 1 aromatic rings. The van der Waals surface area contributed by atoms with Gasteiger partial charge in [0.2, 0.25) is 10.0 Å². The smallest absolute Gasteiger partial charge is 0.244 e. The van der Waals surface area contributed by atoms with Crippen LogP contribution < -0.4 is 14.2 Å². The molecule has 0 bridgehead atoms. The standard InChI is InChI=1S/C15H22BrNO4S/c1-10-6-4-5-7-12(10)17-22(18,19)15-9-13(20-2)11(16)8-14(15)21-3/h8-10,12,17H,4-7H2,1-3H3/t10-,12-/m0/s1. The van der Waals surface area contributed by atoms with Crippen molar-refractivity contribution in [2.24, 2.45) is 5.92 Å². The predicted octanol–water partition coefficient (Wildman–Crippen LogP) is 3.32. The zero-order valence-corrected chi connectivity index (χ0v) is 15.5. The number of nitrogens with one attached hydrogen (secondary N) is 1. The minimum atomic E-state index is -3.66. The Morgan fingerprint density at radius 1 is 1.14 bits per heavy atom. The summed E-state index contributed by atoms with van der Waals surface area (Å²) < 4.78 is 39.4. The molecule has 1 aliphatic carbocycles. The lowest BCUT2D eigenvalue weighted by Crippen LogP contribution is -2.41. The van der Waals surface area contributed by atoms with E-state index in [0.29, 0.717) is 21.9 Å². The molecule has 5 nitrogen and oxygen atoms in total. The van der Waals surface area contributed by atoms with Gasteiger partial charge in [0.1, 0.15) is 16.4 Å². The van der Waals surface area contributed by atoms with Gasteiger partial charge in [-0.3, -0.25) is 0 Å². The molecule has 0 spiro atoms. The minimum absolute atomic E-state index is 0.0295. The molecular weight excluding hydrogens is 370 g/mol. The van der Waals surface area contributed by atoms with E-state index in [2.05, 4.69) is 27.6 Å². The van der Waals surface area contributed by atoms with Crippen molar-refractivity contribution in [2.75, 3.05) is 14.2 Å². The van der Waals surface area contributed by atoms with E-state index in [0.717, 1.165) is 25.7 Å². The molecule has 1 saturated carbocycles. The minimum Gasteiger partial charge on any atom is -0.496 e.